The highest BCUT2D eigenvalue weighted by Crippen LogP contribution is 2.19. The van der Waals surface area contributed by atoms with Crippen molar-refractivity contribution in [1.29, 1.82) is 0 Å². The number of esters is 1. The first-order valence-corrected chi connectivity index (χ1v) is 4.92. The highest BCUT2D eigenvalue weighted by Gasteiger charge is 2.19. The molecule has 84 valence electrons. The number of hydrogen-bond donors (Lipinski definition) is 0. The molecule has 0 spiro atoms. The highest BCUT2D eigenvalue weighted by molar-refractivity contribution is 5.83. The zero-order chi connectivity index (χ0) is 11.5. The van der Waals surface area contributed by atoms with Crippen LogP contribution < -0.4 is 0 Å². The summed E-state index contributed by atoms with van der Waals surface area (Å²) in [6.07, 6.45) is 0.638. The molecule has 0 bridgehead atoms. The second-order valence-electron chi connectivity index (χ2n) is 4.46. The molecule has 0 unspecified atom stereocenters. The van der Waals surface area contributed by atoms with Gasteiger partial charge in [-0.3, -0.25) is 0 Å². The predicted molar refractivity (Wildman–Crippen MR) is 53.4 cm³/mol. The van der Waals surface area contributed by atoms with E-state index in [1.54, 1.807) is 6.92 Å². The van der Waals surface area contributed by atoms with Gasteiger partial charge in [-0.2, -0.15) is 0 Å². The fourth-order valence-electron chi connectivity index (χ4n) is 1.05. The summed E-state index contributed by atoms with van der Waals surface area (Å²) in [5, 5.41) is 7.42. The standard InChI is InChI=1S/C10H16N2O3/c1-5-14-9(13)8-12-11-7(15-8)6-10(2,3)4/h5-6H2,1-4H3. The maximum atomic E-state index is 11.2. The third-order valence-corrected chi connectivity index (χ3v) is 1.60. The monoisotopic (exact) mass is 212 g/mol. The molecule has 5 nitrogen and oxygen atoms in total. The average molecular weight is 212 g/mol. The molecule has 1 aromatic heterocycles. The summed E-state index contributed by atoms with van der Waals surface area (Å²) in [5.41, 5.74) is 0.0540. The largest absolute Gasteiger partial charge is 0.459 e. The number of hydrogen-bond acceptors (Lipinski definition) is 5. The summed E-state index contributed by atoms with van der Waals surface area (Å²) in [6, 6.07) is 0. The van der Waals surface area contributed by atoms with Gasteiger partial charge >= 0.3 is 11.9 Å². The van der Waals surface area contributed by atoms with Gasteiger partial charge in [-0.1, -0.05) is 20.8 Å². The van der Waals surface area contributed by atoms with E-state index in [2.05, 4.69) is 31.0 Å². The van der Waals surface area contributed by atoms with Crippen molar-refractivity contribution in [2.45, 2.75) is 34.1 Å². The first kappa shape index (κ1) is 11.7. The molecule has 0 saturated carbocycles. The lowest BCUT2D eigenvalue weighted by Gasteiger charge is -2.14. The Kier molecular flexibility index (Phi) is 3.44. The maximum Gasteiger partial charge on any atom is 0.396 e. The Hall–Kier alpha value is -1.39. The number of aromatic nitrogens is 2. The Labute approximate surface area is 88.8 Å². The number of nitrogens with zero attached hydrogens (tertiary/aromatic N) is 2. The molecule has 0 aromatic carbocycles. The van der Waals surface area contributed by atoms with Gasteiger partial charge in [0.15, 0.2) is 0 Å². The van der Waals surface area contributed by atoms with Gasteiger partial charge in [-0.25, -0.2) is 4.79 Å². The summed E-state index contributed by atoms with van der Waals surface area (Å²) >= 11 is 0. The van der Waals surface area contributed by atoms with E-state index in [1.165, 1.54) is 0 Å². The number of carbonyl (C=O) groups excluding carboxylic acids is 1. The van der Waals surface area contributed by atoms with Crippen LogP contribution in [0.1, 0.15) is 44.3 Å². The first-order valence-electron chi connectivity index (χ1n) is 4.92. The van der Waals surface area contributed by atoms with Crippen LogP contribution >= 0.6 is 0 Å². The van der Waals surface area contributed by atoms with Crippen molar-refractivity contribution in [2.24, 2.45) is 5.41 Å². The molecule has 0 amide bonds. The molecular weight excluding hydrogens is 196 g/mol. The van der Waals surface area contributed by atoms with E-state index < -0.39 is 5.97 Å². The van der Waals surface area contributed by atoms with Crippen LogP contribution in [0.5, 0.6) is 0 Å². The molecule has 0 aliphatic carbocycles. The van der Waals surface area contributed by atoms with Crippen LogP contribution in [0.3, 0.4) is 0 Å². The van der Waals surface area contributed by atoms with E-state index in [-0.39, 0.29) is 11.3 Å². The summed E-state index contributed by atoms with van der Waals surface area (Å²) in [7, 11) is 0. The van der Waals surface area contributed by atoms with Crippen molar-refractivity contribution in [1.82, 2.24) is 10.2 Å². The summed E-state index contributed by atoms with van der Waals surface area (Å²) in [6.45, 7) is 8.20. The molecule has 0 N–H and O–H groups in total. The molecule has 15 heavy (non-hydrogen) atoms. The number of rotatable bonds is 3. The molecule has 0 saturated heterocycles. The molecule has 1 rings (SSSR count). The summed E-state index contributed by atoms with van der Waals surface area (Å²) in [5.74, 6) is -0.174. The zero-order valence-corrected chi connectivity index (χ0v) is 9.53. The van der Waals surface area contributed by atoms with Gasteiger partial charge in [0.05, 0.1) is 6.61 Å². The lowest BCUT2D eigenvalue weighted by Crippen LogP contribution is -2.09. The van der Waals surface area contributed by atoms with Crippen LogP contribution in [0.25, 0.3) is 0 Å². The lowest BCUT2D eigenvalue weighted by molar-refractivity contribution is 0.0477. The molecule has 0 radical (unpaired) electrons. The van der Waals surface area contributed by atoms with E-state index >= 15 is 0 Å². The van der Waals surface area contributed by atoms with E-state index in [9.17, 15) is 4.79 Å². The minimum absolute atomic E-state index is 0.0540. The first-order chi connectivity index (χ1) is 6.92. The normalized spacial score (nSPS) is 11.5. The Bertz CT molecular complexity index is 339. The minimum atomic E-state index is -0.565. The SMILES string of the molecule is CCOC(=O)c1nnc(CC(C)(C)C)o1. The van der Waals surface area contributed by atoms with Gasteiger partial charge in [0.1, 0.15) is 0 Å². The van der Waals surface area contributed by atoms with Crippen molar-refractivity contribution in [3.05, 3.63) is 11.8 Å². The Morgan fingerprint density at radius 1 is 1.40 bits per heavy atom. The minimum Gasteiger partial charge on any atom is -0.459 e. The van der Waals surface area contributed by atoms with Crippen LogP contribution in [0, 0.1) is 5.41 Å². The fraction of sp³-hybridized carbons (Fsp3) is 0.700. The topological polar surface area (TPSA) is 65.2 Å². The van der Waals surface area contributed by atoms with E-state index in [1.807, 2.05) is 0 Å². The van der Waals surface area contributed by atoms with Gasteiger partial charge < -0.3 is 9.15 Å². The molecule has 0 atom stereocenters. The van der Waals surface area contributed by atoms with Gasteiger partial charge in [0.25, 0.3) is 0 Å². The van der Waals surface area contributed by atoms with Crippen molar-refractivity contribution >= 4 is 5.97 Å². The van der Waals surface area contributed by atoms with Gasteiger partial charge in [-0.05, 0) is 12.3 Å². The van der Waals surface area contributed by atoms with Gasteiger partial charge in [0, 0.05) is 6.42 Å². The molecule has 1 heterocycles. The number of carbonyl (C=O) groups is 1. The quantitative estimate of drug-likeness (QED) is 0.715. The number of ether oxygens (including phenoxy) is 1. The predicted octanol–water partition coefficient (Wildman–Crippen LogP) is 1.83. The average Bonchev–Trinajstić information content (AvgIpc) is 2.50. The third-order valence-electron chi connectivity index (χ3n) is 1.60. The van der Waals surface area contributed by atoms with Crippen molar-refractivity contribution in [3.63, 3.8) is 0 Å². The molecule has 0 aliphatic rings. The van der Waals surface area contributed by atoms with Crippen LogP contribution in [-0.4, -0.2) is 22.8 Å². The molecule has 1 aromatic rings. The second-order valence-corrected chi connectivity index (χ2v) is 4.46. The molecular formula is C10H16N2O3. The van der Waals surface area contributed by atoms with Crippen LogP contribution in [-0.2, 0) is 11.2 Å². The smallest absolute Gasteiger partial charge is 0.396 e. The Balaban J connectivity index is 2.68. The molecule has 5 heteroatoms. The lowest BCUT2D eigenvalue weighted by atomic mass is 9.92. The van der Waals surface area contributed by atoms with Gasteiger partial charge in [0.2, 0.25) is 5.89 Å². The van der Waals surface area contributed by atoms with Gasteiger partial charge in [-0.15, -0.1) is 10.2 Å². The van der Waals surface area contributed by atoms with Crippen LogP contribution in [0.2, 0.25) is 0 Å². The van der Waals surface area contributed by atoms with E-state index in [0.717, 1.165) is 0 Å². The molecule has 0 fully saturated rings. The third kappa shape index (κ3) is 3.69. The summed E-state index contributed by atoms with van der Waals surface area (Å²) < 4.78 is 9.91. The van der Waals surface area contributed by atoms with E-state index in [4.69, 9.17) is 9.15 Å². The summed E-state index contributed by atoms with van der Waals surface area (Å²) in [4.78, 5) is 11.2. The maximum absolute atomic E-state index is 11.2. The second kappa shape index (κ2) is 4.42. The fourth-order valence-corrected chi connectivity index (χ4v) is 1.05. The van der Waals surface area contributed by atoms with E-state index in [0.29, 0.717) is 18.9 Å². The Morgan fingerprint density at radius 3 is 2.60 bits per heavy atom. The van der Waals surface area contributed by atoms with Crippen LogP contribution in [0.4, 0.5) is 0 Å². The Morgan fingerprint density at radius 2 is 2.07 bits per heavy atom. The van der Waals surface area contributed by atoms with Crippen molar-refractivity contribution < 1.29 is 13.9 Å². The van der Waals surface area contributed by atoms with Crippen LogP contribution in [0.15, 0.2) is 4.42 Å². The van der Waals surface area contributed by atoms with Crippen molar-refractivity contribution in [3.8, 4) is 0 Å². The van der Waals surface area contributed by atoms with Crippen molar-refractivity contribution in [2.75, 3.05) is 6.61 Å². The highest BCUT2D eigenvalue weighted by atomic mass is 16.5. The molecule has 0 aliphatic heterocycles. The zero-order valence-electron chi connectivity index (χ0n) is 9.53.